The first kappa shape index (κ1) is 14.2. The predicted molar refractivity (Wildman–Crippen MR) is 84.8 cm³/mol. The summed E-state index contributed by atoms with van der Waals surface area (Å²) >= 11 is 5.96. The second kappa shape index (κ2) is 5.91. The molecule has 0 spiro atoms. The van der Waals surface area contributed by atoms with E-state index < -0.39 is 5.97 Å². The number of hydrazine groups is 1. The van der Waals surface area contributed by atoms with Crippen molar-refractivity contribution in [3.05, 3.63) is 65.3 Å². The molecule has 0 aliphatic heterocycles. The second-order valence-electron chi connectivity index (χ2n) is 4.63. The third-order valence-corrected chi connectivity index (χ3v) is 3.40. The van der Waals surface area contributed by atoms with Crippen molar-refractivity contribution in [3.63, 3.8) is 0 Å². The van der Waals surface area contributed by atoms with Gasteiger partial charge in [-0.1, -0.05) is 23.7 Å². The van der Waals surface area contributed by atoms with E-state index in [0.717, 1.165) is 22.3 Å². The van der Waals surface area contributed by atoms with E-state index in [1.165, 1.54) is 12.1 Å². The lowest BCUT2D eigenvalue weighted by molar-refractivity contribution is -0.255. The van der Waals surface area contributed by atoms with Crippen molar-refractivity contribution >= 4 is 39.8 Å². The van der Waals surface area contributed by atoms with Gasteiger partial charge in [0, 0.05) is 16.6 Å². The number of halogens is 1. The molecule has 0 amide bonds. The van der Waals surface area contributed by atoms with Crippen molar-refractivity contribution in [3.8, 4) is 0 Å². The highest BCUT2D eigenvalue weighted by Crippen LogP contribution is 2.24. The first-order valence-corrected chi connectivity index (χ1v) is 6.89. The summed E-state index contributed by atoms with van der Waals surface area (Å²) in [5, 5.41) is 12.3. The number of rotatable bonds is 4. The molecular formula is C16H11ClN3O2-. The minimum Gasteiger partial charge on any atom is -0.545 e. The van der Waals surface area contributed by atoms with Crippen LogP contribution in [-0.4, -0.2) is 11.0 Å². The number of aromatic nitrogens is 1. The number of pyridine rings is 1. The highest BCUT2D eigenvalue weighted by Gasteiger charge is 2.02. The summed E-state index contributed by atoms with van der Waals surface area (Å²) < 4.78 is 0. The highest BCUT2D eigenvalue weighted by molar-refractivity contribution is 6.31. The minimum atomic E-state index is -1.20. The summed E-state index contributed by atoms with van der Waals surface area (Å²) in [4.78, 5) is 15.0. The largest absolute Gasteiger partial charge is 0.545 e. The van der Waals surface area contributed by atoms with Gasteiger partial charge in [-0.05, 0) is 42.0 Å². The normalized spacial score (nSPS) is 10.4. The molecule has 0 atom stereocenters. The van der Waals surface area contributed by atoms with Gasteiger partial charge in [-0.15, -0.1) is 0 Å². The number of carboxylic acid groups (broad SMARTS) is 1. The zero-order valence-electron chi connectivity index (χ0n) is 11.3. The molecule has 0 saturated heterocycles. The van der Waals surface area contributed by atoms with Crippen LogP contribution in [0.1, 0.15) is 10.4 Å². The molecule has 3 rings (SSSR count). The van der Waals surface area contributed by atoms with Gasteiger partial charge in [0.1, 0.15) is 0 Å². The number of benzene rings is 2. The molecule has 1 aromatic heterocycles. The fraction of sp³-hybridized carbons (Fsp3) is 0. The van der Waals surface area contributed by atoms with Crippen LogP contribution in [0.2, 0.25) is 5.02 Å². The van der Waals surface area contributed by atoms with Gasteiger partial charge in [0.15, 0.2) is 0 Å². The minimum absolute atomic E-state index is 0.134. The Kier molecular flexibility index (Phi) is 3.80. The maximum absolute atomic E-state index is 10.7. The number of fused-ring (bicyclic) bond motifs is 1. The number of carbonyl (C=O) groups excluding carboxylic acids is 1. The number of anilines is 2. The zero-order chi connectivity index (χ0) is 15.5. The van der Waals surface area contributed by atoms with Gasteiger partial charge < -0.3 is 20.8 Å². The second-order valence-corrected chi connectivity index (χ2v) is 5.07. The first-order chi connectivity index (χ1) is 10.6. The number of aromatic carboxylic acids is 1. The molecule has 0 aliphatic rings. The Morgan fingerprint density at radius 2 is 1.82 bits per heavy atom. The number of nitrogens with one attached hydrogen (secondary N) is 2. The standard InChI is InChI=1S/C16H12ClN3O2/c17-11-3-6-13-14(7-8-18-15(13)9-11)20-19-12-4-1-10(2-5-12)16(21)22/h1-9,19H,(H,18,20)(H,21,22)/p-1. The predicted octanol–water partition coefficient (Wildman–Crippen LogP) is 2.69. The van der Waals surface area contributed by atoms with Gasteiger partial charge in [-0.2, -0.15) is 0 Å². The Morgan fingerprint density at radius 3 is 2.55 bits per heavy atom. The first-order valence-electron chi connectivity index (χ1n) is 6.51. The van der Waals surface area contributed by atoms with E-state index in [0.29, 0.717) is 5.02 Å². The van der Waals surface area contributed by atoms with Crippen LogP contribution in [0.25, 0.3) is 10.9 Å². The molecule has 2 aromatic carbocycles. The topological polar surface area (TPSA) is 77.1 Å². The molecular weight excluding hydrogens is 302 g/mol. The SMILES string of the molecule is O=C([O-])c1ccc(NNc2ccnc3cc(Cl)ccc23)cc1. The molecule has 1 heterocycles. The third-order valence-electron chi connectivity index (χ3n) is 3.17. The molecule has 2 N–H and O–H groups in total. The molecule has 3 aromatic rings. The third kappa shape index (κ3) is 2.94. The van der Waals surface area contributed by atoms with Crippen molar-refractivity contribution in [2.24, 2.45) is 0 Å². The average Bonchev–Trinajstić information content (AvgIpc) is 2.52. The van der Waals surface area contributed by atoms with E-state index in [2.05, 4.69) is 15.8 Å². The molecule has 6 heteroatoms. The number of carboxylic acids is 1. The van der Waals surface area contributed by atoms with Crippen LogP contribution in [0, 0.1) is 0 Å². The summed E-state index contributed by atoms with van der Waals surface area (Å²) in [5.74, 6) is -1.20. The Balaban J connectivity index is 1.80. The lowest BCUT2D eigenvalue weighted by Gasteiger charge is -2.12. The molecule has 0 saturated carbocycles. The molecule has 0 bridgehead atoms. The monoisotopic (exact) mass is 312 g/mol. The number of nitrogens with zero attached hydrogens (tertiary/aromatic N) is 1. The van der Waals surface area contributed by atoms with Gasteiger partial charge >= 0.3 is 0 Å². The van der Waals surface area contributed by atoms with Crippen molar-refractivity contribution < 1.29 is 9.90 Å². The van der Waals surface area contributed by atoms with Gasteiger partial charge in [-0.25, -0.2) is 0 Å². The van der Waals surface area contributed by atoms with E-state index in [9.17, 15) is 9.90 Å². The highest BCUT2D eigenvalue weighted by atomic mass is 35.5. The van der Waals surface area contributed by atoms with E-state index >= 15 is 0 Å². The number of hydrogen-bond acceptors (Lipinski definition) is 5. The Labute approximate surface area is 131 Å². The number of hydrogen-bond donors (Lipinski definition) is 2. The fourth-order valence-corrected chi connectivity index (χ4v) is 2.23. The average molecular weight is 313 g/mol. The van der Waals surface area contributed by atoms with Crippen LogP contribution >= 0.6 is 11.6 Å². The smallest absolute Gasteiger partial charge is 0.0738 e. The van der Waals surface area contributed by atoms with Crippen molar-refractivity contribution in [2.75, 3.05) is 10.9 Å². The molecule has 0 fully saturated rings. The van der Waals surface area contributed by atoms with Crippen LogP contribution in [0.5, 0.6) is 0 Å². The van der Waals surface area contributed by atoms with Crippen LogP contribution in [-0.2, 0) is 0 Å². The summed E-state index contributed by atoms with van der Waals surface area (Å²) in [7, 11) is 0. The van der Waals surface area contributed by atoms with E-state index in [1.807, 2.05) is 12.1 Å². The molecule has 0 aliphatic carbocycles. The van der Waals surface area contributed by atoms with E-state index in [-0.39, 0.29) is 5.56 Å². The quantitative estimate of drug-likeness (QED) is 0.724. The van der Waals surface area contributed by atoms with Crippen molar-refractivity contribution in [1.82, 2.24) is 4.98 Å². The van der Waals surface area contributed by atoms with Crippen molar-refractivity contribution in [2.45, 2.75) is 0 Å². The maximum atomic E-state index is 10.7. The summed E-state index contributed by atoms with van der Waals surface area (Å²) in [5.41, 5.74) is 8.57. The van der Waals surface area contributed by atoms with Crippen LogP contribution < -0.4 is 16.0 Å². The fourth-order valence-electron chi connectivity index (χ4n) is 2.06. The zero-order valence-corrected chi connectivity index (χ0v) is 12.1. The number of carbonyl (C=O) groups is 1. The van der Waals surface area contributed by atoms with Crippen LogP contribution in [0.15, 0.2) is 54.7 Å². The Bertz CT molecular complexity index is 834. The summed E-state index contributed by atoms with van der Waals surface area (Å²) in [6.07, 6.45) is 1.68. The lowest BCUT2D eigenvalue weighted by Crippen LogP contribution is -2.22. The molecule has 22 heavy (non-hydrogen) atoms. The summed E-state index contributed by atoms with van der Waals surface area (Å²) in [6.45, 7) is 0. The maximum Gasteiger partial charge on any atom is 0.0738 e. The van der Waals surface area contributed by atoms with Crippen LogP contribution in [0.4, 0.5) is 11.4 Å². The van der Waals surface area contributed by atoms with Gasteiger partial charge in [0.2, 0.25) is 0 Å². The molecule has 5 nitrogen and oxygen atoms in total. The summed E-state index contributed by atoms with van der Waals surface area (Å²) in [6, 6.07) is 13.6. The molecule has 0 radical (unpaired) electrons. The Hall–Kier alpha value is -2.79. The van der Waals surface area contributed by atoms with E-state index in [1.54, 1.807) is 30.5 Å². The lowest BCUT2D eigenvalue weighted by atomic mass is 10.2. The molecule has 0 unspecified atom stereocenters. The van der Waals surface area contributed by atoms with Crippen molar-refractivity contribution in [1.29, 1.82) is 0 Å². The van der Waals surface area contributed by atoms with Gasteiger partial charge in [0.25, 0.3) is 0 Å². The Morgan fingerprint density at radius 1 is 1.05 bits per heavy atom. The van der Waals surface area contributed by atoms with Crippen LogP contribution in [0.3, 0.4) is 0 Å². The molecule has 110 valence electrons. The van der Waals surface area contributed by atoms with Gasteiger partial charge in [-0.3, -0.25) is 4.98 Å². The van der Waals surface area contributed by atoms with E-state index in [4.69, 9.17) is 11.6 Å². The van der Waals surface area contributed by atoms with Gasteiger partial charge in [0.05, 0.1) is 22.9 Å².